The molecule has 0 saturated carbocycles. The van der Waals surface area contributed by atoms with Gasteiger partial charge < -0.3 is 19.7 Å². The Kier molecular flexibility index (Phi) is 10.2. The van der Waals surface area contributed by atoms with Gasteiger partial charge in [0.05, 0.1) is 10.6 Å². The van der Waals surface area contributed by atoms with Crippen LogP contribution >= 0.6 is 23.2 Å². The summed E-state index contributed by atoms with van der Waals surface area (Å²) in [6.07, 6.45) is 0.174. The molecule has 0 spiro atoms. The molecule has 1 heterocycles. The van der Waals surface area contributed by atoms with Gasteiger partial charge in [0.25, 0.3) is 10.0 Å². The fourth-order valence-electron chi connectivity index (χ4n) is 4.99. The zero-order valence-corrected chi connectivity index (χ0v) is 26.7. The number of anilines is 1. The molecule has 0 aromatic heterocycles. The van der Waals surface area contributed by atoms with Gasteiger partial charge in [0, 0.05) is 36.1 Å². The van der Waals surface area contributed by atoms with Crippen LogP contribution in [0, 0.1) is 0 Å². The molecule has 9 nitrogen and oxygen atoms in total. The van der Waals surface area contributed by atoms with E-state index in [0.29, 0.717) is 40.3 Å². The number of benzene rings is 4. The molecule has 0 aliphatic carbocycles. The number of ether oxygens (including phenoxy) is 2. The fourth-order valence-corrected chi connectivity index (χ4v) is 6.88. The molecular weight excluding hydrogens is 637 g/mol. The van der Waals surface area contributed by atoms with Crippen molar-refractivity contribution in [2.24, 2.45) is 0 Å². The molecule has 4 aromatic carbocycles. The molecule has 5 rings (SSSR count). The molecule has 0 unspecified atom stereocenters. The summed E-state index contributed by atoms with van der Waals surface area (Å²) in [4.78, 5) is 29.2. The van der Waals surface area contributed by atoms with Crippen LogP contribution in [0.3, 0.4) is 0 Å². The van der Waals surface area contributed by atoms with Crippen molar-refractivity contribution < 1.29 is 27.5 Å². The van der Waals surface area contributed by atoms with Crippen molar-refractivity contribution in [2.75, 3.05) is 31.1 Å². The SMILES string of the molecule is CNC(=O)[C@@H](Cc1ccccc1)N(Cc1ccc(Cl)cc1Cl)C(=O)CN(c1ccc2c(c1)OCCO2)S(=O)(=O)c1ccccc1. The van der Waals surface area contributed by atoms with E-state index in [4.69, 9.17) is 32.7 Å². The quantitative estimate of drug-likeness (QED) is 0.231. The van der Waals surface area contributed by atoms with E-state index in [1.807, 2.05) is 30.3 Å². The van der Waals surface area contributed by atoms with E-state index >= 15 is 0 Å². The Morgan fingerprint density at radius 1 is 0.867 bits per heavy atom. The Hall–Kier alpha value is -4.25. The zero-order valence-electron chi connectivity index (χ0n) is 24.4. The number of amides is 2. The molecule has 1 aliphatic rings. The van der Waals surface area contributed by atoms with Gasteiger partial charge in [-0.3, -0.25) is 13.9 Å². The maximum Gasteiger partial charge on any atom is 0.264 e. The Labute approximate surface area is 272 Å². The number of sulfonamides is 1. The molecule has 12 heteroatoms. The molecule has 0 radical (unpaired) electrons. The monoisotopic (exact) mass is 667 g/mol. The molecule has 1 atom stereocenters. The summed E-state index contributed by atoms with van der Waals surface area (Å²) in [5, 5.41) is 3.37. The number of halogens is 2. The lowest BCUT2D eigenvalue weighted by molar-refractivity contribution is -0.139. The summed E-state index contributed by atoms with van der Waals surface area (Å²) < 4.78 is 40.6. The highest BCUT2D eigenvalue weighted by atomic mass is 35.5. The third-order valence-corrected chi connectivity index (χ3v) is 9.67. The minimum atomic E-state index is -4.26. The van der Waals surface area contributed by atoms with Gasteiger partial charge in [-0.15, -0.1) is 0 Å². The number of nitrogens with one attached hydrogen (secondary N) is 1. The first-order valence-corrected chi connectivity index (χ1v) is 16.3. The number of fused-ring (bicyclic) bond motifs is 1. The molecule has 1 aliphatic heterocycles. The predicted molar refractivity (Wildman–Crippen MR) is 173 cm³/mol. The van der Waals surface area contributed by atoms with Gasteiger partial charge in [-0.25, -0.2) is 8.42 Å². The van der Waals surface area contributed by atoms with Crippen LogP contribution in [0.15, 0.2) is 102 Å². The van der Waals surface area contributed by atoms with Gasteiger partial charge in [-0.1, -0.05) is 77.8 Å². The number of hydrogen-bond donors (Lipinski definition) is 1. The summed E-state index contributed by atoms with van der Waals surface area (Å²) in [6.45, 7) is -0.0460. The Balaban J connectivity index is 1.58. The van der Waals surface area contributed by atoms with E-state index < -0.39 is 34.4 Å². The first-order chi connectivity index (χ1) is 21.7. The van der Waals surface area contributed by atoms with Gasteiger partial charge in [-0.2, -0.15) is 0 Å². The van der Waals surface area contributed by atoms with E-state index in [0.717, 1.165) is 9.87 Å². The lowest BCUT2D eigenvalue weighted by Gasteiger charge is -2.34. The summed E-state index contributed by atoms with van der Waals surface area (Å²) in [7, 11) is -2.78. The maximum atomic E-state index is 14.4. The minimum absolute atomic E-state index is 0.00729. The van der Waals surface area contributed by atoms with Crippen LogP contribution in [0.1, 0.15) is 11.1 Å². The van der Waals surface area contributed by atoms with Crippen molar-refractivity contribution in [2.45, 2.75) is 23.9 Å². The predicted octanol–water partition coefficient (Wildman–Crippen LogP) is 5.35. The van der Waals surface area contributed by atoms with Crippen LogP contribution in [0.4, 0.5) is 5.69 Å². The third-order valence-electron chi connectivity index (χ3n) is 7.30. The molecule has 0 bridgehead atoms. The second-order valence-electron chi connectivity index (χ2n) is 10.2. The normalized spacial score (nSPS) is 13.0. The first-order valence-electron chi connectivity index (χ1n) is 14.1. The van der Waals surface area contributed by atoms with E-state index in [-0.39, 0.29) is 23.5 Å². The van der Waals surface area contributed by atoms with Gasteiger partial charge in [-0.05, 0) is 47.5 Å². The summed E-state index contributed by atoms with van der Waals surface area (Å²) >= 11 is 12.7. The van der Waals surface area contributed by atoms with Crippen molar-refractivity contribution in [3.8, 4) is 11.5 Å². The molecular formula is C33H31Cl2N3O6S. The number of rotatable bonds is 11. The van der Waals surface area contributed by atoms with Crippen LogP contribution in [0.5, 0.6) is 11.5 Å². The summed E-state index contributed by atoms with van der Waals surface area (Å²) in [5.41, 5.74) is 1.54. The van der Waals surface area contributed by atoms with Crippen molar-refractivity contribution >= 4 is 50.7 Å². The molecule has 1 N–H and O–H groups in total. The first kappa shape index (κ1) is 32.2. The molecule has 2 amide bonds. The number of likely N-dealkylation sites (N-methyl/N-ethyl adjacent to an activating group) is 1. The average Bonchev–Trinajstić information content (AvgIpc) is 3.06. The standard InChI is InChI=1S/C33H31Cl2N3O6S/c1-36-33(40)29(18-23-8-4-2-5-9-23)37(21-24-12-13-25(34)19-28(24)35)32(39)22-38(45(41,42)27-10-6-3-7-11-27)26-14-15-30-31(20-26)44-17-16-43-30/h2-15,19-20,29H,16-18,21-22H2,1H3,(H,36,40)/t29-/m1/s1. The van der Waals surface area contributed by atoms with Crippen molar-refractivity contribution in [1.29, 1.82) is 0 Å². The average molecular weight is 669 g/mol. The van der Waals surface area contributed by atoms with Crippen molar-refractivity contribution in [3.05, 3.63) is 118 Å². The highest BCUT2D eigenvalue weighted by Gasteiger charge is 2.35. The fraction of sp³-hybridized carbons (Fsp3) is 0.212. The summed E-state index contributed by atoms with van der Waals surface area (Å²) in [5.74, 6) is -0.222. The number of carbonyl (C=O) groups excluding carboxylic acids is 2. The number of carbonyl (C=O) groups is 2. The van der Waals surface area contributed by atoms with Crippen LogP contribution in [-0.2, 0) is 32.6 Å². The van der Waals surface area contributed by atoms with Crippen LogP contribution in [-0.4, -0.2) is 58.0 Å². The van der Waals surface area contributed by atoms with Gasteiger partial charge in [0.15, 0.2) is 11.5 Å². The molecule has 45 heavy (non-hydrogen) atoms. The van der Waals surface area contributed by atoms with Crippen molar-refractivity contribution in [3.63, 3.8) is 0 Å². The number of nitrogens with zero attached hydrogens (tertiary/aromatic N) is 2. The number of hydrogen-bond acceptors (Lipinski definition) is 6. The van der Waals surface area contributed by atoms with Crippen LogP contribution < -0.4 is 19.1 Å². The minimum Gasteiger partial charge on any atom is -0.486 e. The van der Waals surface area contributed by atoms with E-state index in [1.165, 1.54) is 30.1 Å². The summed E-state index contributed by atoms with van der Waals surface area (Å²) in [6, 6.07) is 25.6. The van der Waals surface area contributed by atoms with Crippen molar-refractivity contribution in [1.82, 2.24) is 10.2 Å². The second-order valence-corrected chi connectivity index (χ2v) is 12.9. The smallest absolute Gasteiger partial charge is 0.264 e. The van der Waals surface area contributed by atoms with Crippen LogP contribution in [0.2, 0.25) is 10.0 Å². The topological polar surface area (TPSA) is 105 Å². The molecule has 4 aromatic rings. The zero-order chi connectivity index (χ0) is 32.0. The Morgan fingerprint density at radius 3 is 2.20 bits per heavy atom. The highest BCUT2D eigenvalue weighted by molar-refractivity contribution is 7.92. The third kappa shape index (κ3) is 7.53. The second kappa shape index (κ2) is 14.2. The van der Waals surface area contributed by atoms with Gasteiger partial charge >= 0.3 is 0 Å². The lowest BCUT2D eigenvalue weighted by atomic mass is 10.0. The van der Waals surface area contributed by atoms with Gasteiger partial charge in [0.1, 0.15) is 25.8 Å². The van der Waals surface area contributed by atoms with E-state index in [2.05, 4.69) is 5.32 Å². The highest BCUT2D eigenvalue weighted by Crippen LogP contribution is 2.36. The maximum absolute atomic E-state index is 14.4. The van der Waals surface area contributed by atoms with Gasteiger partial charge in [0.2, 0.25) is 11.8 Å². The van der Waals surface area contributed by atoms with Crippen LogP contribution in [0.25, 0.3) is 0 Å². The largest absolute Gasteiger partial charge is 0.486 e. The molecule has 234 valence electrons. The molecule has 0 fully saturated rings. The Morgan fingerprint density at radius 2 is 1.53 bits per heavy atom. The Bertz CT molecular complexity index is 1770. The van der Waals surface area contributed by atoms with E-state index in [9.17, 15) is 18.0 Å². The lowest BCUT2D eigenvalue weighted by Crippen LogP contribution is -2.53. The molecule has 0 saturated heterocycles. The van der Waals surface area contributed by atoms with E-state index in [1.54, 1.807) is 48.5 Å².